The van der Waals surface area contributed by atoms with Crippen LogP contribution >= 0.6 is 11.3 Å². The fraction of sp³-hybridized carbons (Fsp3) is 0.0556. The van der Waals surface area contributed by atoms with Crippen LogP contribution in [0.4, 0.5) is 5.13 Å². The summed E-state index contributed by atoms with van der Waals surface area (Å²) < 4.78 is 5.39. The van der Waals surface area contributed by atoms with Crippen LogP contribution in [-0.4, -0.2) is 23.4 Å². The molecule has 3 rings (SSSR count). The number of benzene rings is 2. The molecule has 0 aliphatic rings. The largest absolute Gasteiger partial charge is 0.483 e. The molecule has 0 saturated heterocycles. The van der Waals surface area contributed by atoms with Crippen LogP contribution in [0.25, 0.3) is 11.3 Å². The number of aromatic nitrogens is 1. The zero-order valence-electron chi connectivity index (χ0n) is 13.1. The smallest absolute Gasteiger partial charge is 0.264 e. The molecule has 0 bridgehead atoms. The van der Waals surface area contributed by atoms with Crippen molar-refractivity contribution in [1.29, 1.82) is 0 Å². The van der Waals surface area contributed by atoms with Crippen molar-refractivity contribution in [3.8, 4) is 17.0 Å². The first kappa shape index (κ1) is 16.7. The Morgan fingerprint density at radius 1 is 1.08 bits per heavy atom. The van der Waals surface area contributed by atoms with Crippen LogP contribution in [0, 0.1) is 0 Å². The van der Waals surface area contributed by atoms with Crippen LogP contribution in [0.5, 0.6) is 5.75 Å². The lowest BCUT2D eigenvalue weighted by molar-refractivity contribution is -0.118. The van der Waals surface area contributed by atoms with E-state index in [-0.39, 0.29) is 23.8 Å². The highest BCUT2D eigenvalue weighted by molar-refractivity contribution is 7.14. The Balaban J connectivity index is 1.61. The first-order chi connectivity index (χ1) is 12.1. The second-order valence-electron chi connectivity index (χ2n) is 5.10. The Morgan fingerprint density at radius 2 is 1.80 bits per heavy atom. The van der Waals surface area contributed by atoms with E-state index < -0.39 is 5.91 Å². The molecule has 1 aromatic heterocycles. The number of nitrogens with two attached hydrogens (primary N) is 1. The molecular formula is C18H15N3O3S. The van der Waals surface area contributed by atoms with Gasteiger partial charge in [0.25, 0.3) is 11.8 Å². The van der Waals surface area contributed by atoms with E-state index in [0.717, 1.165) is 11.3 Å². The van der Waals surface area contributed by atoms with Gasteiger partial charge in [-0.1, -0.05) is 42.5 Å². The van der Waals surface area contributed by atoms with Crippen LogP contribution in [0.3, 0.4) is 0 Å². The second-order valence-corrected chi connectivity index (χ2v) is 5.96. The Hall–Kier alpha value is -3.19. The highest BCUT2D eigenvalue weighted by Gasteiger charge is 2.12. The van der Waals surface area contributed by atoms with Gasteiger partial charge in [-0.3, -0.25) is 14.9 Å². The Kier molecular flexibility index (Phi) is 5.06. The molecule has 3 aromatic rings. The molecule has 25 heavy (non-hydrogen) atoms. The maximum atomic E-state index is 12.0. The minimum Gasteiger partial charge on any atom is -0.483 e. The van der Waals surface area contributed by atoms with E-state index in [4.69, 9.17) is 10.5 Å². The van der Waals surface area contributed by atoms with E-state index in [1.807, 2.05) is 35.7 Å². The number of rotatable bonds is 6. The summed E-state index contributed by atoms with van der Waals surface area (Å²) in [6.07, 6.45) is 0. The number of anilines is 1. The predicted molar refractivity (Wildman–Crippen MR) is 96.6 cm³/mol. The summed E-state index contributed by atoms with van der Waals surface area (Å²) in [5, 5.41) is 5.03. The van der Waals surface area contributed by atoms with Crippen molar-refractivity contribution in [3.05, 3.63) is 65.5 Å². The number of carbonyl (C=O) groups excluding carboxylic acids is 2. The van der Waals surface area contributed by atoms with Gasteiger partial charge in [0.15, 0.2) is 11.7 Å². The minimum absolute atomic E-state index is 0.232. The number of para-hydroxylation sites is 1. The lowest BCUT2D eigenvalue weighted by atomic mass is 10.2. The van der Waals surface area contributed by atoms with Crippen molar-refractivity contribution in [3.63, 3.8) is 0 Å². The number of nitrogens with one attached hydrogen (secondary N) is 1. The van der Waals surface area contributed by atoms with Crippen molar-refractivity contribution in [2.24, 2.45) is 5.73 Å². The van der Waals surface area contributed by atoms with Crippen LogP contribution < -0.4 is 15.8 Å². The lowest BCUT2D eigenvalue weighted by Gasteiger charge is -2.08. The van der Waals surface area contributed by atoms with Gasteiger partial charge in [-0.05, 0) is 12.1 Å². The topological polar surface area (TPSA) is 94.3 Å². The highest BCUT2D eigenvalue weighted by Crippen LogP contribution is 2.24. The molecule has 0 aliphatic carbocycles. The van der Waals surface area contributed by atoms with Gasteiger partial charge in [0.05, 0.1) is 11.3 Å². The summed E-state index contributed by atoms with van der Waals surface area (Å²) >= 11 is 1.33. The summed E-state index contributed by atoms with van der Waals surface area (Å²) in [6.45, 7) is -0.245. The highest BCUT2D eigenvalue weighted by atomic mass is 32.1. The third-order valence-corrected chi connectivity index (χ3v) is 4.09. The molecule has 0 aliphatic heterocycles. The summed E-state index contributed by atoms with van der Waals surface area (Å²) in [5.41, 5.74) is 7.28. The standard InChI is InChI=1S/C18H15N3O3S/c19-17(23)13-8-4-5-9-15(13)24-10-16(22)21-18-20-14(11-25-18)12-6-2-1-3-7-12/h1-9,11H,10H2,(H2,19,23)(H,20,21,22). The monoisotopic (exact) mass is 353 g/mol. The van der Waals surface area contributed by atoms with Gasteiger partial charge in [-0.25, -0.2) is 4.98 Å². The average molecular weight is 353 g/mol. The summed E-state index contributed by atoms with van der Waals surface area (Å²) in [7, 11) is 0. The second kappa shape index (κ2) is 7.59. The molecule has 6 nitrogen and oxygen atoms in total. The fourth-order valence-corrected chi connectivity index (χ4v) is 2.90. The van der Waals surface area contributed by atoms with Crippen molar-refractivity contribution >= 4 is 28.3 Å². The zero-order valence-corrected chi connectivity index (χ0v) is 14.0. The molecule has 2 aromatic carbocycles. The molecule has 2 amide bonds. The normalized spacial score (nSPS) is 10.2. The van der Waals surface area contributed by atoms with Crippen LogP contribution in [0.2, 0.25) is 0 Å². The van der Waals surface area contributed by atoms with Crippen molar-refractivity contribution < 1.29 is 14.3 Å². The number of nitrogens with zero attached hydrogens (tertiary/aromatic N) is 1. The van der Waals surface area contributed by atoms with Gasteiger partial charge < -0.3 is 10.5 Å². The molecule has 0 unspecified atom stereocenters. The van der Waals surface area contributed by atoms with Crippen molar-refractivity contribution in [2.75, 3.05) is 11.9 Å². The number of hydrogen-bond acceptors (Lipinski definition) is 5. The van der Waals surface area contributed by atoms with Crippen molar-refractivity contribution in [2.45, 2.75) is 0 Å². The molecule has 126 valence electrons. The number of hydrogen-bond donors (Lipinski definition) is 2. The summed E-state index contributed by atoms with van der Waals surface area (Å²) in [6, 6.07) is 16.2. The first-order valence-corrected chi connectivity index (χ1v) is 8.34. The molecule has 0 saturated carbocycles. The predicted octanol–water partition coefficient (Wildman–Crippen LogP) is 2.93. The first-order valence-electron chi connectivity index (χ1n) is 7.46. The van der Waals surface area contributed by atoms with Gasteiger partial charge in [-0.15, -0.1) is 11.3 Å². The SMILES string of the molecule is NC(=O)c1ccccc1OCC(=O)Nc1nc(-c2ccccc2)cs1. The average Bonchev–Trinajstić information content (AvgIpc) is 3.09. The molecule has 0 fully saturated rings. The third kappa shape index (κ3) is 4.21. The fourth-order valence-electron chi connectivity index (χ4n) is 2.17. The van der Waals surface area contributed by atoms with Crippen molar-refractivity contribution in [1.82, 2.24) is 4.98 Å². The van der Waals surface area contributed by atoms with E-state index in [2.05, 4.69) is 10.3 Å². The van der Waals surface area contributed by atoms with Gasteiger partial charge in [-0.2, -0.15) is 0 Å². The minimum atomic E-state index is -0.608. The van der Waals surface area contributed by atoms with Gasteiger partial charge in [0.1, 0.15) is 5.75 Å². The molecular weight excluding hydrogens is 338 g/mol. The number of thiazole rings is 1. The van der Waals surface area contributed by atoms with E-state index >= 15 is 0 Å². The van der Waals surface area contributed by atoms with Gasteiger partial charge in [0, 0.05) is 10.9 Å². The molecule has 0 radical (unpaired) electrons. The molecule has 1 heterocycles. The van der Waals surface area contributed by atoms with Crippen LogP contribution in [0.1, 0.15) is 10.4 Å². The van der Waals surface area contributed by atoms with Crippen LogP contribution in [0.15, 0.2) is 60.0 Å². The Morgan fingerprint density at radius 3 is 2.56 bits per heavy atom. The quantitative estimate of drug-likeness (QED) is 0.712. The van der Waals surface area contributed by atoms with Gasteiger partial charge in [0.2, 0.25) is 0 Å². The zero-order chi connectivity index (χ0) is 17.6. The Bertz CT molecular complexity index is 893. The summed E-state index contributed by atoms with van der Waals surface area (Å²) in [4.78, 5) is 27.7. The Labute approximate surface area is 148 Å². The third-order valence-electron chi connectivity index (χ3n) is 3.33. The summed E-state index contributed by atoms with van der Waals surface area (Å²) in [5.74, 6) is -0.703. The number of ether oxygens (including phenoxy) is 1. The maximum absolute atomic E-state index is 12.0. The maximum Gasteiger partial charge on any atom is 0.264 e. The van der Waals surface area contributed by atoms with E-state index in [1.54, 1.807) is 24.3 Å². The molecule has 7 heteroatoms. The van der Waals surface area contributed by atoms with E-state index in [9.17, 15) is 9.59 Å². The number of primary amides is 1. The molecule has 0 spiro atoms. The number of amides is 2. The van der Waals surface area contributed by atoms with Crippen LogP contribution in [-0.2, 0) is 4.79 Å². The number of carbonyl (C=O) groups is 2. The molecule has 3 N–H and O–H groups in total. The van der Waals surface area contributed by atoms with E-state index in [0.29, 0.717) is 5.13 Å². The van der Waals surface area contributed by atoms with Gasteiger partial charge >= 0.3 is 0 Å². The molecule has 0 atom stereocenters. The van der Waals surface area contributed by atoms with E-state index in [1.165, 1.54) is 11.3 Å². The lowest BCUT2D eigenvalue weighted by Crippen LogP contribution is -2.21.